The quantitative estimate of drug-likeness (QED) is 0.318. The number of urea groups is 1. The molecule has 254 valence electrons. The van der Waals surface area contributed by atoms with E-state index in [0.29, 0.717) is 94.0 Å². The lowest BCUT2D eigenvalue weighted by atomic mass is 10.1. The molecular formula is C32H39N9O6S. The average molecular weight is 678 g/mol. The van der Waals surface area contributed by atoms with Crippen molar-refractivity contribution in [3.05, 3.63) is 60.2 Å². The van der Waals surface area contributed by atoms with E-state index in [2.05, 4.69) is 15.5 Å². The maximum absolute atomic E-state index is 12.9. The van der Waals surface area contributed by atoms with Gasteiger partial charge in [0.25, 0.3) is 5.91 Å². The molecule has 3 aromatic rings. The van der Waals surface area contributed by atoms with Gasteiger partial charge in [-0.2, -0.15) is 9.29 Å². The zero-order valence-electron chi connectivity index (χ0n) is 26.7. The molecule has 0 radical (unpaired) electrons. The first-order valence-electron chi connectivity index (χ1n) is 15.9. The number of hydrogen-bond donors (Lipinski definition) is 3. The Hall–Kier alpha value is -4.80. The first-order chi connectivity index (χ1) is 23.0. The van der Waals surface area contributed by atoms with E-state index in [1.807, 2.05) is 23.1 Å². The predicted molar refractivity (Wildman–Crippen MR) is 181 cm³/mol. The largest absolute Gasteiger partial charge is 0.378 e. The molecule has 6 rings (SSSR count). The van der Waals surface area contributed by atoms with Crippen LogP contribution in [0.3, 0.4) is 0 Å². The Kier molecular flexibility index (Phi) is 9.75. The molecule has 1 atom stereocenters. The summed E-state index contributed by atoms with van der Waals surface area (Å²) in [7, 11) is -3.27. The molecule has 3 aliphatic rings. The van der Waals surface area contributed by atoms with Gasteiger partial charge in [-0.05, 0) is 49.2 Å². The van der Waals surface area contributed by atoms with E-state index in [1.165, 1.54) is 15.5 Å². The van der Waals surface area contributed by atoms with Crippen molar-refractivity contribution >= 4 is 51.0 Å². The number of nitrogens with two attached hydrogens (primary N) is 1. The second-order valence-electron chi connectivity index (χ2n) is 12.0. The fourth-order valence-electron chi connectivity index (χ4n) is 6.07. The van der Waals surface area contributed by atoms with Gasteiger partial charge in [-0.1, -0.05) is 12.1 Å². The number of sulfonamides is 1. The van der Waals surface area contributed by atoms with Gasteiger partial charge in [-0.15, -0.1) is 0 Å². The van der Waals surface area contributed by atoms with E-state index in [1.54, 1.807) is 36.4 Å². The average Bonchev–Trinajstić information content (AvgIpc) is 3.59. The minimum atomic E-state index is -3.27. The van der Waals surface area contributed by atoms with Crippen LogP contribution in [0.5, 0.6) is 0 Å². The summed E-state index contributed by atoms with van der Waals surface area (Å²) >= 11 is 0. The number of rotatable bonds is 8. The number of aromatic nitrogens is 2. The minimum absolute atomic E-state index is 0.269. The Morgan fingerprint density at radius 3 is 2.06 bits per heavy atom. The predicted octanol–water partition coefficient (Wildman–Crippen LogP) is 1.80. The van der Waals surface area contributed by atoms with Gasteiger partial charge in [0.05, 0.1) is 25.2 Å². The lowest BCUT2D eigenvalue weighted by molar-refractivity contribution is -0.121. The van der Waals surface area contributed by atoms with Crippen molar-refractivity contribution in [3.8, 4) is 11.3 Å². The number of anilines is 4. The van der Waals surface area contributed by atoms with E-state index in [-0.39, 0.29) is 5.91 Å². The topological polar surface area (TPSA) is 183 Å². The Balaban J connectivity index is 1.11. The maximum Gasteiger partial charge on any atom is 0.323 e. The van der Waals surface area contributed by atoms with Crippen molar-refractivity contribution in [2.24, 2.45) is 5.73 Å². The maximum atomic E-state index is 12.9. The van der Waals surface area contributed by atoms with Crippen LogP contribution in [0.15, 0.2) is 54.6 Å². The van der Waals surface area contributed by atoms with E-state index in [4.69, 9.17) is 20.4 Å². The van der Waals surface area contributed by atoms with Crippen LogP contribution in [0, 0.1) is 0 Å². The fraction of sp³-hybridized carbons (Fsp3) is 0.406. The van der Waals surface area contributed by atoms with Crippen LogP contribution in [-0.4, -0.2) is 117 Å². The van der Waals surface area contributed by atoms with Crippen molar-refractivity contribution in [3.63, 3.8) is 0 Å². The van der Waals surface area contributed by atoms with Crippen LogP contribution in [0.25, 0.3) is 11.3 Å². The van der Waals surface area contributed by atoms with Crippen molar-refractivity contribution in [2.45, 2.75) is 18.9 Å². The van der Waals surface area contributed by atoms with E-state index >= 15 is 0 Å². The molecule has 0 bridgehead atoms. The Labute approximate surface area is 279 Å². The zero-order chi connectivity index (χ0) is 33.8. The number of morpholine rings is 1. The monoisotopic (exact) mass is 677 g/mol. The smallest absolute Gasteiger partial charge is 0.323 e. The number of nitrogens with one attached hydrogen (secondary N) is 2. The normalized spacial score (nSPS) is 18.9. The number of amides is 4. The summed E-state index contributed by atoms with van der Waals surface area (Å²) in [4.78, 5) is 52.7. The number of hydrogen-bond acceptors (Lipinski definition) is 10. The van der Waals surface area contributed by atoms with E-state index in [0.717, 1.165) is 17.8 Å². The Morgan fingerprint density at radius 2 is 1.46 bits per heavy atom. The van der Waals surface area contributed by atoms with Crippen molar-refractivity contribution in [1.29, 1.82) is 0 Å². The van der Waals surface area contributed by atoms with Crippen LogP contribution in [-0.2, 0) is 19.6 Å². The third-order valence-electron chi connectivity index (χ3n) is 8.70. The molecule has 3 saturated heterocycles. The summed E-state index contributed by atoms with van der Waals surface area (Å²) in [6, 6.07) is 14.6. The highest BCUT2D eigenvalue weighted by molar-refractivity contribution is 7.88. The molecular weight excluding hydrogens is 638 g/mol. The van der Waals surface area contributed by atoms with Crippen molar-refractivity contribution in [2.75, 3.05) is 85.7 Å². The summed E-state index contributed by atoms with van der Waals surface area (Å²) in [6.45, 7) is 4.75. The summed E-state index contributed by atoms with van der Waals surface area (Å²) < 4.78 is 31.0. The number of ether oxygens (including phenoxy) is 1. The third-order valence-corrected chi connectivity index (χ3v) is 10.00. The lowest BCUT2D eigenvalue weighted by Crippen LogP contribution is -2.49. The first kappa shape index (κ1) is 33.1. The minimum Gasteiger partial charge on any atom is -0.378 e. The molecule has 48 heavy (non-hydrogen) atoms. The van der Waals surface area contributed by atoms with Crippen molar-refractivity contribution < 1.29 is 27.5 Å². The number of likely N-dealkylation sites (tertiary alicyclic amines) is 1. The number of nitrogens with zero attached hydrogens (tertiary/aromatic N) is 6. The molecule has 3 aliphatic heterocycles. The molecule has 3 fully saturated rings. The lowest BCUT2D eigenvalue weighted by Gasteiger charge is -2.34. The van der Waals surface area contributed by atoms with Gasteiger partial charge < -0.3 is 35.8 Å². The SMILES string of the molecule is CS(=O)(=O)N1CCN(c2nc(-c3ccc(NC(=O)Nc4ccc(C(=O)N5CCC[C@H]5C(N)=O)cc4)cc3)cc(N3CCOCC3)n2)CC1. The fourth-order valence-corrected chi connectivity index (χ4v) is 6.90. The van der Waals surface area contributed by atoms with Crippen LogP contribution in [0.2, 0.25) is 0 Å². The second kappa shape index (κ2) is 14.1. The number of carbonyl (C=O) groups excluding carboxylic acids is 3. The van der Waals surface area contributed by atoms with Crippen LogP contribution < -0.4 is 26.2 Å². The Morgan fingerprint density at radius 1 is 0.833 bits per heavy atom. The standard InChI is InChI=1S/C32H39N9O6S/c1-48(45,46)40-15-13-39(14-16-40)31-36-26(21-28(37-31)38-17-19-47-20-18-38)22-4-8-24(9-5-22)34-32(44)35-25-10-6-23(7-11-25)30(43)41-12-2-3-27(41)29(33)42/h4-11,21,27H,2-3,12-20H2,1H3,(H2,33,42)(H2,34,35,44)/t27-/m0/s1. The summed E-state index contributed by atoms with van der Waals surface area (Å²) in [6.07, 6.45) is 2.50. The molecule has 15 nitrogen and oxygen atoms in total. The molecule has 0 unspecified atom stereocenters. The number of primary amides is 1. The molecule has 4 amide bonds. The van der Waals surface area contributed by atoms with E-state index in [9.17, 15) is 22.8 Å². The molecule has 4 N–H and O–H groups in total. The summed E-state index contributed by atoms with van der Waals surface area (Å²) in [5, 5.41) is 5.59. The first-order valence-corrected chi connectivity index (χ1v) is 17.7. The second-order valence-corrected chi connectivity index (χ2v) is 13.9. The highest BCUT2D eigenvalue weighted by Gasteiger charge is 2.33. The van der Waals surface area contributed by atoms with Crippen molar-refractivity contribution in [1.82, 2.24) is 19.2 Å². The van der Waals surface area contributed by atoms with Gasteiger partial charge >= 0.3 is 6.03 Å². The highest BCUT2D eigenvalue weighted by Crippen LogP contribution is 2.28. The molecule has 0 saturated carbocycles. The van der Waals surface area contributed by atoms with Gasteiger partial charge in [0.15, 0.2) is 0 Å². The zero-order valence-corrected chi connectivity index (χ0v) is 27.5. The van der Waals surface area contributed by atoms with Gasteiger partial charge in [-0.3, -0.25) is 9.59 Å². The Bertz CT molecular complexity index is 1760. The third kappa shape index (κ3) is 7.67. The molecule has 2 aromatic carbocycles. The molecule has 1 aromatic heterocycles. The van der Waals surface area contributed by atoms with Crippen LogP contribution in [0.1, 0.15) is 23.2 Å². The summed E-state index contributed by atoms with van der Waals surface area (Å²) in [5.74, 6) is 0.524. The van der Waals surface area contributed by atoms with Crippen LogP contribution >= 0.6 is 0 Å². The molecule has 0 spiro atoms. The number of piperazine rings is 1. The van der Waals surface area contributed by atoms with Gasteiger partial charge in [-0.25, -0.2) is 18.2 Å². The van der Waals surface area contributed by atoms with Gasteiger partial charge in [0, 0.05) is 74.4 Å². The molecule has 4 heterocycles. The van der Waals surface area contributed by atoms with Gasteiger partial charge in [0.1, 0.15) is 11.9 Å². The number of carbonyl (C=O) groups is 3. The van der Waals surface area contributed by atoms with Crippen LogP contribution in [0.4, 0.5) is 27.9 Å². The summed E-state index contributed by atoms with van der Waals surface area (Å²) in [5.41, 5.74) is 8.44. The highest BCUT2D eigenvalue weighted by atomic mass is 32.2. The molecule has 16 heteroatoms. The molecule has 0 aliphatic carbocycles. The van der Waals surface area contributed by atoms with E-state index < -0.39 is 28.0 Å². The van der Waals surface area contributed by atoms with Gasteiger partial charge in [0.2, 0.25) is 21.9 Å². The number of benzene rings is 2.